The van der Waals surface area contributed by atoms with Crippen molar-refractivity contribution in [2.75, 3.05) is 24.5 Å². The van der Waals surface area contributed by atoms with Gasteiger partial charge in [-0.1, -0.05) is 19.8 Å². The second-order valence-electron chi connectivity index (χ2n) is 4.40. The Labute approximate surface area is 115 Å². The van der Waals surface area contributed by atoms with Crippen molar-refractivity contribution >= 4 is 11.7 Å². The first-order chi connectivity index (χ1) is 9.22. The highest BCUT2D eigenvalue weighted by molar-refractivity contribution is 5.91. The third-order valence-corrected chi connectivity index (χ3v) is 3.02. The molecule has 0 aliphatic heterocycles. The van der Waals surface area contributed by atoms with Crippen LogP contribution in [-0.2, 0) is 0 Å². The van der Waals surface area contributed by atoms with Crippen molar-refractivity contribution in [1.29, 1.82) is 0 Å². The first-order valence-corrected chi connectivity index (χ1v) is 7.08. The number of hydrogen-bond acceptors (Lipinski definition) is 4. The molecule has 1 aromatic heterocycles. The van der Waals surface area contributed by atoms with Crippen LogP contribution in [0.15, 0.2) is 12.4 Å². The van der Waals surface area contributed by atoms with Gasteiger partial charge in [0.1, 0.15) is 11.5 Å². The Morgan fingerprint density at radius 3 is 2.42 bits per heavy atom. The number of carbonyl (C=O) groups is 1. The van der Waals surface area contributed by atoms with Crippen LogP contribution in [-0.4, -0.2) is 35.5 Å². The molecular weight excluding hydrogens is 240 g/mol. The van der Waals surface area contributed by atoms with Gasteiger partial charge in [-0.15, -0.1) is 0 Å². The van der Waals surface area contributed by atoms with Crippen molar-refractivity contribution in [3.63, 3.8) is 0 Å². The number of carbonyl (C=O) groups excluding carboxylic acids is 1. The lowest BCUT2D eigenvalue weighted by Crippen LogP contribution is -2.27. The number of nitrogens with one attached hydrogen (secondary N) is 1. The molecule has 0 fully saturated rings. The van der Waals surface area contributed by atoms with E-state index in [1.54, 1.807) is 12.4 Å². The number of nitrogens with zero attached hydrogens (tertiary/aromatic N) is 3. The molecule has 5 heteroatoms. The van der Waals surface area contributed by atoms with Crippen molar-refractivity contribution in [2.24, 2.45) is 0 Å². The summed E-state index contributed by atoms with van der Waals surface area (Å²) in [5.41, 5.74) is 0.382. The number of amides is 1. The SMILES string of the molecule is CCCCCNC(=O)c1cnc(N(CC)CC)cn1. The molecule has 0 spiro atoms. The Balaban J connectivity index is 2.53. The first-order valence-electron chi connectivity index (χ1n) is 7.08. The van der Waals surface area contributed by atoms with E-state index in [2.05, 4.69) is 41.0 Å². The summed E-state index contributed by atoms with van der Waals surface area (Å²) in [6.45, 7) is 8.74. The molecular formula is C14H24N4O. The molecule has 0 unspecified atom stereocenters. The van der Waals surface area contributed by atoms with Gasteiger partial charge in [0.15, 0.2) is 0 Å². The van der Waals surface area contributed by atoms with Crippen LogP contribution < -0.4 is 10.2 Å². The van der Waals surface area contributed by atoms with Gasteiger partial charge in [0.05, 0.1) is 12.4 Å². The highest BCUT2D eigenvalue weighted by Crippen LogP contribution is 2.08. The Hall–Kier alpha value is -1.65. The summed E-state index contributed by atoms with van der Waals surface area (Å²) in [5, 5.41) is 2.86. The lowest BCUT2D eigenvalue weighted by atomic mass is 10.2. The second kappa shape index (κ2) is 8.45. The summed E-state index contributed by atoms with van der Waals surface area (Å²) in [6.07, 6.45) is 6.49. The van der Waals surface area contributed by atoms with Crippen molar-refractivity contribution in [3.05, 3.63) is 18.1 Å². The third-order valence-electron chi connectivity index (χ3n) is 3.02. The molecule has 0 radical (unpaired) electrons. The van der Waals surface area contributed by atoms with Crippen LogP contribution in [0.3, 0.4) is 0 Å². The minimum absolute atomic E-state index is 0.144. The summed E-state index contributed by atoms with van der Waals surface area (Å²) in [5.74, 6) is 0.669. The van der Waals surface area contributed by atoms with Crippen molar-refractivity contribution in [3.8, 4) is 0 Å². The van der Waals surface area contributed by atoms with Gasteiger partial charge >= 0.3 is 0 Å². The molecule has 0 aliphatic carbocycles. The van der Waals surface area contributed by atoms with Crippen LogP contribution in [0.1, 0.15) is 50.5 Å². The van der Waals surface area contributed by atoms with E-state index in [4.69, 9.17) is 0 Å². The average Bonchev–Trinajstić information content (AvgIpc) is 2.45. The van der Waals surface area contributed by atoms with Gasteiger partial charge in [-0.2, -0.15) is 0 Å². The monoisotopic (exact) mass is 264 g/mol. The molecule has 1 rings (SSSR count). The average molecular weight is 264 g/mol. The van der Waals surface area contributed by atoms with E-state index in [-0.39, 0.29) is 5.91 Å². The van der Waals surface area contributed by atoms with Crippen LogP contribution >= 0.6 is 0 Å². The summed E-state index contributed by atoms with van der Waals surface area (Å²) in [6, 6.07) is 0. The Kier molecular flexibility index (Phi) is 6.85. The van der Waals surface area contributed by atoms with Gasteiger partial charge in [-0.05, 0) is 20.3 Å². The number of aromatic nitrogens is 2. The van der Waals surface area contributed by atoms with Gasteiger partial charge in [0, 0.05) is 19.6 Å². The molecule has 0 bridgehead atoms. The second-order valence-corrected chi connectivity index (χ2v) is 4.40. The number of rotatable bonds is 8. The number of unbranched alkanes of at least 4 members (excludes halogenated alkanes) is 2. The van der Waals surface area contributed by atoms with E-state index in [1.807, 2.05) is 0 Å². The Bertz CT molecular complexity index is 374. The molecule has 0 aliphatic rings. The summed E-state index contributed by atoms with van der Waals surface area (Å²) >= 11 is 0. The maximum Gasteiger partial charge on any atom is 0.271 e. The Morgan fingerprint density at radius 2 is 1.89 bits per heavy atom. The van der Waals surface area contributed by atoms with Crippen LogP contribution in [0.2, 0.25) is 0 Å². The van der Waals surface area contributed by atoms with E-state index in [9.17, 15) is 4.79 Å². The highest BCUT2D eigenvalue weighted by Gasteiger charge is 2.09. The summed E-state index contributed by atoms with van der Waals surface area (Å²) < 4.78 is 0. The van der Waals surface area contributed by atoms with E-state index in [0.717, 1.165) is 38.2 Å². The largest absolute Gasteiger partial charge is 0.356 e. The molecule has 5 nitrogen and oxygen atoms in total. The molecule has 1 heterocycles. The quantitative estimate of drug-likeness (QED) is 0.732. The van der Waals surface area contributed by atoms with E-state index in [1.165, 1.54) is 0 Å². The normalized spacial score (nSPS) is 10.3. The van der Waals surface area contributed by atoms with Gasteiger partial charge in [-0.3, -0.25) is 4.79 Å². The van der Waals surface area contributed by atoms with Crippen molar-refractivity contribution in [1.82, 2.24) is 15.3 Å². The molecule has 1 aromatic rings. The lowest BCUT2D eigenvalue weighted by Gasteiger charge is -2.18. The van der Waals surface area contributed by atoms with Crippen molar-refractivity contribution in [2.45, 2.75) is 40.0 Å². The predicted molar refractivity (Wildman–Crippen MR) is 77.5 cm³/mol. The van der Waals surface area contributed by atoms with E-state index < -0.39 is 0 Å². The minimum Gasteiger partial charge on any atom is -0.356 e. The van der Waals surface area contributed by atoms with E-state index >= 15 is 0 Å². The smallest absolute Gasteiger partial charge is 0.271 e. The third kappa shape index (κ3) is 4.85. The first kappa shape index (κ1) is 15.4. The van der Waals surface area contributed by atoms with Crippen LogP contribution in [0.5, 0.6) is 0 Å². The molecule has 1 N–H and O–H groups in total. The zero-order valence-corrected chi connectivity index (χ0v) is 12.1. The van der Waals surface area contributed by atoms with Gasteiger partial charge < -0.3 is 10.2 Å². The maximum absolute atomic E-state index is 11.8. The lowest BCUT2D eigenvalue weighted by molar-refractivity contribution is 0.0947. The predicted octanol–water partition coefficient (Wildman–Crippen LogP) is 2.24. The molecule has 106 valence electrons. The fraction of sp³-hybridized carbons (Fsp3) is 0.643. The topological polar surface area (TPSA) is 58.1 Å². The molecule has 0 atom stereocenters. The van der Waals surface area contributed by atoms with Crippen molar-refractivity contribution < 1.29 is 4.79 Å². The van der Waals surface area contributed by atoms with Crippen LogP contribution in [0.25, 0.3) is 0 Å². The summed E-state index contributed by atoms with van der Waals surface area (Å²) in [7, 11) is 0. The summed E-state index contributed by atoms with van der Waals surface area (Å²) in [4.78, 5) is 22.4. The van der Waals surface area contributed by atoms with Gasteiger partial charge in [0.2, 0.25) is 0 Å². The molecule has 0 saturated heterocycles. The van der Waals surface area contributed by atoms with E-state index in [0.29, 0.717) is 12.2 Å². The zero-order chi connectivity index (χ0) is 14.1. The van der Waals surface area contributed by atoms with Crippen LogP contribution in [0, 0.1) is 0 Å². The standard InChI is InChI=1S/C14H24N4O/c1-4-7-8-9-15-14(19)12-10-17-13(11-16-12)18(5-2)6-3/h10-11H,4-9H2,1-3H3,(H,15,19). The van der Waals surface area contributed by atoms with Gasteiger partial charge in [-0.25, -0.2) is 9.97 Å². The van der Waals surface area contributed by atoms with Crippen LogP contribution in [0.4, 0.5) is 5.82 Å². The fourth-order valence-electron chi connectivity index (χ4n) is 1.82. The number of anilines is 1. The molecule has 1 amide bonds. The number of hydrogen-bond donors (Lipinski definition) is 1. The molecule has 0 aromatic carbocycles. The van der Waals surface area contributed by atoms with Gasteiger partial charge in [0.25, 0.3) is 5.91 Å². The highest BCUT2D eigenvalue weighted by atomic mass is 16.1. The Morgan fingerprint density at radius 1 is 1.16 bits per heavy atom. The zero-order valence-electron chi connectivity index (χ0n) is 12.1. The molecule has 0 saturated carbocycles. The molecule has 19 heavy (non-hydrogen) atoms. The fourth-order valence-corrected chi connectivity index (χ4v) is 1.82. The maximum atomic E-state index is 11.8. The minimum atomic E-state index is -0.144.